The summed E-state index contributed by atoms with van der Waals surface area (Å²) in [5, 5.41) is 15.7. The van der Waals surface area contributed by atoms with Crippen LogP contribution in [0, 0.1) is 5.92 Å². The maximum atomic E-state index is 13.8. The first-order valence-corrected chi connectivity index (χ1v) is 15.0. The highest BCUT2D eigenvalue weighted by Crippen LogP contribution is 2.35. The van der Waals surface area contributed by atoms with Crippen molar-refractivity contribution in [3.63, 3.8) is 0 Å². The second-order valence-electron chi connectivity index (χ2n) is 11.5. The van der Waals surface area contributed by atoms with Crippen molar-refractivity contribution in [2.75, 3.05) is 37.4 Å². The number of nitrogens with zero attached hydrogens (tertiary/aromatic N) is 2. The number of carbonyl (C=O) groups excluding carboxylic acids is 2. The molecule has 3 N–H and O–H groups in total. The Hall–Kier alpha value is -4.66. The third-order valence-electron chi connectivity index (χ3n) is 7.98. The van der Waals surface area contributed by atoms with Gasteiger partial charge in [0.2, 0.25) is 0 Å². The third kappa shape index (κ3) is 7.45. The average Bonchev–Trinajstić information content (AvgIpc) is 3.04. The summed E-state index contributed by atoms with van der Waals surface area (Å²) < 4.78 is 6.65. The van der Waals surface area contributed by atoms with E-state index in [0.717, 1.165) is 0 Å². The molecule has 8 nitrogen and oxygen atoms in total. The molecule has 0 saturated carbocycles. The van der Waals surface area contributed by atoms with Crippen LogP contribution in [0.5, 0.6) is 5.75 Å². The lowest BCUT2D eigenvalue weighted by atomic mass is 9.98. The average molecular weight is 593 g/mol. The lowest BCUT2D eigenvalue weighted by Gasteiger charge is -2.38. The van der Waals surface area contributed by atoms with Gasteiger partial charge < -0.3 is 25.4 Å². The minimum absolute atomic E-state index is 0.0600. The van der Waals surface area contributed by atoms with Crippen LogP contribution in [0.15, 0.2) is 103 Å². The third-order valence-corrected chi connectivity index (χ3v) is 7.98. The summed E-state index contributed by atoms with van der Waals surface area (Å²) in [6.07, 6.45) is -0.302. The lowest BCUT2D eigenvalue weighted by molar-refractivity contribution is 0.0343. The van der Waals surface area contributed by atoms with Gasteiger partial charge in [0.05, 0.1) is 23.9 Å². The van der Waals surface area contributed by atoms with Crippen LogP contribution in [0.1, 0.15) is 29.8 Å². The zero-order valence-electron chi connectivity index (χ0n) is 25.4. The molecule has 0 radical (unpaired) electrons. The van der Waals surface area contributed by atoms with Gasteiger partial charge in [0.15, 0.2) is 5.75 Å². The number of urea groups is 1. The van der Waals surface area contributed by atoms with E-state index in [1.807, 2.05) is 43.3 Å². The van der Waals surface area contributed by atoms with E-state index in [2.05, 4.69) is 65.9 Å². The van der Waals surface area contributed by atoms with Crippen molar-refractivity contribution in [2.24, 2.45) is 5.92 Å². The van der Waals surface area contributed by atoms with Crippen molar-refractivity contribution in [3.8, 4) is 16.9 Å². The molecule has 4 aromatic carbocycles. The van der Waals surface area contributed by atoms with Gasteiger partial charge in [-0.1, -0.05) is 85.8 Å². The van der Waals surface area contributed by atoms with Crippen LogP contribution in [-0.2, 0) is 6.54 Å². The number of carbonyl (C=O) groups is 2. The van der Waals surface area contributed by atoms with Gasteiger partial charge in [-0.05, 0) is 54.9 Å². The number of amides is 3. The van der Waals surface area contributed by atoms with E-state index < -0.39 is 6.03 Å². The number of para-hydroxylation sites is 2. The van der Waals surface area contributed by atoms with Gasteiger partial charge in [0, 0.05) is 31.2 Å². The van der Waals surface area contributed by atoms with Crippen molar-refractivity contribution in [3.05, 3.63) is 114 Å². The molecule has 0 aliphatic carbocycles. The number of anilines is 2. The number of likely N-dealkylation sites (N-methyl/N-ethyl adjacent to an activating group) is 1. The Kier molecular flexibility index (Phi) is 9.94. The van der Waals surface area contributed by atoms with Gasteiger partial charge in [0.1, 0.15) is 6.10 Å². The van der Waals surface area contributed by atoms with Gasteiger partial charge in [-0.2, -0.15) is 0 Å². The number of hydrogen-bond acceptors (Lipinski definition) is 5. The van der Waals surface area contributed by atoms with E-state index in [1.54, 1.807) is 35.2 Å². The van der Waals surface area contributed by atoms with E-state index in [9.17, 15) is 14.7 Å². The molecule has 3 amide bonds. The summed E-state index contributed by atoms with van der Waals surface area (Å²) in [7, 11) is 2.05. The van der Waals surface area contributed by atoms with E-state index in [0.29, 0.717) is 42.3 Å². The van der Waals surface area contributed by atoms with Gasteiger partial charge in [-0.15, -0.1) is 0 Å². The van der Waals surface area contributed by atoms with Crippen molar-refractivity contribution in [1.29, 1.82) is 0 Å². The predicted molar refractivity (Wildman–Crippen MR) is 175 cm³/mol. The number of aliphatic hydroxyl groups is 1. The Bertz CT molecular complexity index is 1550. The van der Waals surface area contributed by atoms with Gasteiger partial charge >= 0.3 is 6.03 Å². The number of hydrogen-bond donors (Lipinski definition) is 3. The molecule has 0 aromatic heterocycles. The lowest BCUT2D eigenvalue weighted by Crippen LogP contribution is -2.49. The molecule has 0 spiro atoms. The van der Waals surface area contributed by atoms with E-state index in [1.165, 1.54) is 16.7 Å². The number of aliphatic hydroxyl groups excluding tert-OH is 1. The number of nitrogens with one attached hydrogen (secondary N) is 2. The fourth-order valence-corrected chi connectivity index (χ4v) is 5.48. The standard InChI is InChI=1S/C36H40N4O4/c1-25-21-40(26(2)24-41)35(42)31-15-10-16-32(38-36(43)37-30-13-8-5-9-14-30)34(31)44-33(25)23-39(3)22-27-17-19-29(20-18-27)28-11-6-4-7-12-28/h4-20,25-26,33,41H,21-24H2,1-3H3,(H2,37,38,43)/t25-,26+,33-/m1/s1. The van der Waals surface area contributed by atoms with Crippen LogP contribution in [0.2, 0.25) is 0 Å². The molecule has 44 heavy (non-hydrogen) atoms. The highest BCUT2D eigenvalue weighted by molar-refractivity contribution is 6.04. The monoisotopic (exact) mass is 592 g/mol. The van der Waals surface area contributed by atoms with Crippen LogP contribution in [-0.4, -0.2) is 65.7 Å². The Morgan fingerprint density at radius 3 is 2.27 bits per heavy atom. The first kappa shape index (κ1) is 30.8. The Morgan fingerprint density at radius 2 is 1.59 bits per heavy atom. The summed E-state index contributed by atoms with van der Waals surface area (Å²) in [6, 6.07) is 32.4. The van der Waals surface area contributed by atoms with Crippen molar-refractivity contribution in [2.45, 2.75) is 32.5 Å². The first-order chi connectivity index (χ1) is 21.3. The van der Waals surface area contributed by atoms with Crippen molar-refractivity contribution >= 4 is 23.3 Å². The molecule has 0 bridgehead atoms. The maximum Gasteiger partial charge on any atom is 0.323 e. The summed E-state index contributed by atoms with van der Waals surface area (Å²) >= 11 is 0. The summed E-state index contributed by atoms with van der Waals surface area (Å²) in [5.74, 6) is 0.0223. The van der Waals surface area contributed by atoms with Crippen LogP contribution in [0.25, 0.3) is 11.1 Å². The molecule has 3 atom stereocenters. The zero-order valence-corrected chi connectivity index (χ0v) is 25.4. The molecular formula is C36H40N4O4. The molecule has 228 valence electrons. The second kappa shape index (κ2) is 14.2. The van der Waals surface area contributed by atoms with Crippen LogP contribution < -0.4 is 15.4 Å². The molecule has 5 rings (SSSR count). The van der Waals surface area contributed by atoms with Crippen LogP contribution in [0.3, 0.4) is 0 Å². The van der Waals surface area contributed by atoms with Gasteiger partial charge in [0.25, 0.3) is 5.91 Å². The molecule has 4 aromatic rings. The smallest absolute Gasteiger partial charge is 0.323 e. The summed E-state index contributed by atoms with van der Waals surface area (Å²) in [6.45, 7) is 5.46. The predicted octanol–water partition coefficient (Wildman–Crippen LogP) is 6.35. The molecule has 1 aliphatic rings. The van der Waals surface area contributed by atoms with Gasteiger partial charge in [-0.25, -0.2) is 4.79 Å². The Morgan fingerprint density at radius 1 is 0.932 bits per heavy atom. The molecular weight excluding hydrogens is 552 g/mol. The molecule has 1 heterocycles. The fourth-order valence-electron chi connectivity index (χ4n) is 5.48. The molecule has 8 heteroatoms. The summed E-state index contributed by atoms with van der Waals surface area (Å²) in [4.78, 5) is 30.6. The van der Waals surface area contributed by atoms with E-state index in [-0.39, 0.29) is 30.6 Å². The fraction of sp³-hybridized carbons (Fsp3) is 0.278. The molecule has 0 unspecified atom stereocenters. The van der Waals surface area contributed by atoms with E-state index >= 15 is 0 Å². The Labute approximate surface area is 259 Å². The quantitative estimate of drug-likeness (QED) is 0.211. The first-order valence-electron chi connectivity index (χ1n) is 15.0. The normalized spacial score (nSPS) is 17.2. The topological polar surface area (TPSA) is 94.1 Å². The largest absolute Gasteiger partial charge is 0.486 e. The van der Waals surface area contributed by atoms with Crippen molar-refractivity contribution < 1.29 is 19.4 Å². The highest BCUT2D eigenvalue weighted by atomic mass is 16.5. The minimum Gasteiger partial charge on any atom is -0.486 e. The van der Waals surface area contributed by atoms with Crippen LogP contribution in [0.4, 0.5) is 16.2 Å². The SMILES string of the molecule is C[C@@H]1CN([C@@H](C)CO)C(=O)c2cccc(NC(=O)Nc3ccccc3)c2O[C@@H]1CN(C)Cc1ccc(-c2ccccc2)cc1. The molecule has 0 saturated heterocycles. The Balaban J connectivity index is 1.37. The number of rotatable bonds is 9. The molecule has 0 fully saturated rings. The minimum atomic E-state index is -0.441. The zero-order chi connectivity index (χ0) is 31.1. The molecule has 1 aliphatic heterocycles. The van der Waals surface area contributed by atoms with E-state index in [4.69, 9.17) is 4.74 Å². The number of ether oxygens (including phenoxy) is 1. The summed E-state index contributed by atoms with van der Waals surface area (Å²) in [5.41, 5.74) is 4.92. The van der Waals surface area contributed by atoms with Crippen molar-refractivity contribution in [1.82, 2.24) is 9.80 Å². The number of fused-ring (bicyclic) bond motifs is 1. The van der Waals surface area contributed by atoms with Gasteiger partial charge in [-0.3, -0.25) is 9.69 Å². The maximum absolute atomic E-state index is 13.8. The number of benzene rings is 4. The van der Waals surface area contributed by atoms with Crippen LogP contribution >= 0.6 is 0 Å². The second-order valence-corrected chi connectivity index (χ2v) is 11.5. The highest BCUT2D eigenvalue weighted by Gasteiger charge is 2.34.